The zero-order valence-electron chi connectivity index (χ0n) is 15.8. The largest absolute Gasteiger partial charge is 0.360 e. The zero-order valence-corrected chi connectivity index (χ0v) is 16.6. The lowest BCUT2D eigenvalue weighted by molar-refractivity contribution is -0.126. The van der Waals surface area contributed by atoms with Crippen LogP contribution in [-0.2, 0) is 14.8 Å². The summed E-state index contributed by atoms with van der Waals surface area (Å²) in [6, 6.07) is 9.57. The number of benzene rings is 1. The van der Waals surface area contributed by atoms with Crippen LogP contribution in [0.5, 0.6) is 0 Å². The van der Waals surface area contributed by atoms with Crippen LogP contribution in [0, 0.1) is 19.8 Å². The molecule has 146 valence electrons. The fourth-order valence-corrected chi connectivity index (χ4v) is 5.32. The molecular weight excluding hydrogens is 366 g/mol. The molecule has 3 rings (SSSR count). The fraction of sp³-hybridized carbons (Fsp3) is 0.474. The molecule has 2 heterocycles. The number of aromatic nitrogens is 1. The Balaban J connectivity index is 1.71. The van der Waals surface area contributed by atoms with Crippen LogP contribution in [0.2, 0.25) is 0 Å². The van der Waals surface area contributed by atoms with E-state index >= 15 is 0 Å². The highest BCUT2D eigenvalue weighted by Gasteiger charge is 2.36. The maximum Gasteiger partial charge on any atom is 0.248 e. The molecule has 0 aliphatic carbocycles. The number of nitrogens with zero attached hydrogens (tertiary/aromatic N) is 2. The number of piperidine rings is 1. The predicted octanol–water partition coefficient (Wildman–Crippen LogP) is 2.57. The standard InChI is InChI=1S/C19H25N3O4S/c1-13(16-8-5-4-6-9-16)20-19(23)17-10-7-11-22(12-17)27(24,25)18-14(2)21-26-15(18)3/h4-6,8-9,13,17H,7,10-12H2,1-3H3,(H,20,23)/t13-,17+/m0/s1. The van der Waals surface area contributed by atoms with E-state index < -0.39 is 10.0 Å². The summed E-state index contributed by atoms with van der Waals surface area (Å²) in [6.45, 7) is 5.68. The first-order valence-electron chi connectivity index (χ1n) is 9.09. The van der Waals surface area contributed by atoms with E-state index in [1.54, 1.807) is 13.8 Å². The Morgan fingerprint density at radius 3 is 2.63 bits per heavy atom. The second-order valence-corrected chi connectivity index (χ2v) is 8.87. The molecule has 1 aromatic carbocycles. The topological polar surface area (TPSA) is 92.5 Å². The lowest BCUT2D eigenvalue weighted by Gasteiger charge is -2.31. The number of hydrogen-bond acceptors (Lipinski definition) is 5. The molecule has 2 atom stereocenters. The van der Waals surface area contributed by atoms with E-state index in [1.165, 1.54) is 4.31 Å². The Morgan fingerprint density at radius 2 is 2.00 bits per heavy atom. The number of sulfonamides is 1. The normalized spacial score (nSPS) is 19.6. The van der Waals surface area contributed by atoms with E-state index in [2.05, 4.69) is 10.5 Å². The van der Waals surface area contributed by atoms with Crippen LogP contribution in [-0.4, -0.2) is 36.9 Å². The Hall–Kier alpha value is -2.19. The molecule has 27 heavy (non-hydrogen) atoms. The molecule has 1 aliphatic rings. The summed E-state index contributed by atoms with van der Waals surface area (Å²) < 4.78 is 32.4. The highest BCUT2D eigenvalue weighted by molar-refractivity contribution is 7.89. The summed E-state index contributed by atoms with van der Waals surface area (Å²) in [6.07, 6.45) is 1.31. The van der Waals surface area contributed by atoms with Crippen LogP contribution >= 0.6 is 0 Å². The number of amides is 1. The fourth-order valence-electron chi connectivity index (χ4n) is 3.50. The summed E-state index contributed by atoms with van der Waals surface area (Å²) in [4.78, 5) is 12.8. The first-order chi connectivity index (χ1) is 12.8. The zero-order chi connectivity index (χ0) is 19.6. The Morgan fingerprint density at radius 1 is 1.30 bits per heavy atom. The van der Waals surface area contributed by atoms with Crippen molar-refractivity contribution in [2.75, 3.05) is 13.1 Å². The lowest BCUT2D eigenvalue weighted by Crippen LogP contribution is -2.46. The third-order valence-electron chi connectivity index (χ3n) is 4.98. The second kappa shape index (κ2) is 7.82. The van der Waals surface area contributed by atoms with Gasteiger partial charge >= 0.3 is 0 Å². The van der Waals surface area contributed by atoms with E-state index in [0.717, 1.165) is 5.56 Å². The molecule has 0 spiro atoms. The van der Waals surface area contributed by atoms with Crippen LogP contribution in [0.25, 0.3) is 0 Å². The van der Waals surface area contributed by atoms with E-state index in [0.29, 0.717) is 25.1 Å². The Kier molecular flexibility index (Phi) is 5.67. The van der Waals surface area contributed by atoms with E-state index in [-0.39, 0.29) is 35.1 Å². The molecule has 1 saturated heterocycles. The van der Waals surface area contributed by atoms with E-state index in [4.69, 9.17) is 4.52 Å². The number of carbonyl (C=O) groups is 1. The van der Waals surface area contributed by atoms with E-state index in [1.807, 2.05) is 37.3 Å². The van der Waals surface area contributed by atoms with Crippen molar-refractivity contribution in [2.45, 2.75) is 44.6 Å². The van der Waals surface area contributed by atoms with Crippen molar-refractivity contribution < 1.29 is 17.7 Å². The van der Waals surface area contributed by atoms with Gasteiger partial charge in [0.25, 0.3) is 0 Å². The van der Waals surface area contributed by atoms with Crippen LogP contribution < -0.4 is 5.32 Å². The third kappa shape index (κ3) is 4.06. The van der Waals surface area contributed by atoms with Gasteiger partial charge in [-0.25, -0.2) is 8.42 Å². The molecule has 1 amide bonds. The molecule has 1 fully saturated rings. The molecule has 0 radical (unpaired) electrons. The van der Waals surface area contributed by atoms with Crippen LogP contribution in [0.4, 0.5) is 0 Å². The smallest absolute Gasteiger partial charge is 0.248 e. The summed E-state index contributed by atoms with van der Waals surface area (Å²) in [5, 5.41) is 6.75. The quantitative estimate of drug-likeness (QED) is 0.846. The van der Waals surface area contributed by atoms with Gasteiger partial charge in [0.05, 0.1) is 12.0 Å². The van der Waals surface area contributed by atoms with E-state index in [9.17, 15) is 13.2 Å². The summed E-state index contributed by atoms with van der Waals surface area (Å²) in [5.41, 5.74) is 1.36. The van der Waals surface area contributed by atoms with Crippen LogP contribution in [0.3, 0.4) is 0 Å². The monoisotopic (exact) mass is 391 g/mol. The first-order valence-corrected chi connectivity index (χ1v) is 10.5. The van der Waals surface area contributed by atoms with Crippen molar-refractivity contribution in [1.82, 2.24) is 14.8 Å². The van der Waals surface area contributed by atoms with Gasteiger partial charge in [-0.2, -0.15) is 4.31 Å². The van der Waals surface area contributed by atoms with Gasteiger partial charge in [0.1, 0.15) is 10.6 Å². The summed E-state index contributed by atoms with van der Waals surface area (Å²) in [5.74, 6) is -0.220. The molecule has 8 heteroatoms. The van der Waals surface area contributed by atoms with Gasteiger partial charge in [-0.3, -0.25) is 4.79 Å². The number of hydrogen-bond donors (Lipinski definition) is 1. The molecule has 1 N–H and O–H groups in total. The van der Waals surface area contributed by atoms with Gasteiger partial charge in [-0.1, -0.05) is 35.5 Å². The van der Waals surface area contributed by atoms with Gasteiger partial charge in [0.15, 0.2) is 5.76 Å². The highest BCUT2D eigenvalue weighted by atomic mass is 32.2. The molecule has 7 nitrogen and oxygen atoms in total. The van der Waals surface area contributed by atoms with Gasteiger partial charge in [0, 0.05) is 13.1 Å². The van der Waals surface area contributed by atoms with Crippen LogP contribution in [0.1, 0.15) is 42.8 Å². The van der Waals surface area contributed by atoms with Gasteiger partial charge in [0.2, 0.25) is 15.9 Å². The predicted molar refractivity (Wildman–Crippen MR) is 100 cm³/mol. The number of rotatable bonds is 5. The lowest BCUT2D eigenvalue weighted by atomic mass is 9.98. The van der Waals surface area contributed by atoms with Crippen molar-refractivity contribution in [2.24, 2.45) is 5.92 Å². The average Bonchev–Trinajstić information content (AvgIpc) is 3.01. The van der Waals surface area contributed by atoms with Crippen molar-refractivity contribution in [1.29, 1.82) is 0 Å². The SMILES string of the molecule is Cc1noc(C)c1S(=O)(=O)N1CCC[C@@H](C(=O)N[C@@H](C)c2ccccc2)C1. The minimum absolute atomic E-state index is 0.112. The minimum atomic E-state index is -3.73. The van der Waals surface area contributed by atoms with Gasteiger partial charge in [-0.15, -0.1) is 0 Å². The second-order valence-electron chi connectivity index (χ2n) is 7.00. The maximum atomic E-state index is 13.0. The molecule has 1 aliphatic heterocycles. The minimum Gasteiger partial charge on any atom is -0.360 e. The van der Waals surface area contributed by atoms with Crippen molar-refractivity contribution >= 4 is 15.9 Å². The molecule has 0 unspecified atom stereocenters. The molecule has 0 saturated carbocycles. The number of nitrogens with one attached hydrogen (secondary N) is 1. The maximum absolute atomic E-state index is 13.0. The number of aryl methyl sites for hydroxylation is 2. The van der Waals surface area contributed by atoms with Crippen molar-refractivity contribution in [3.63, 3.8) is 0 Å². The van der Waals surface area contributed by atoms with Gasteiger partial charge < -0.3 is 9.84 Å². The van der Waals surface area contributed by atoms with Crippen molar-refractivity contribution in [3.8, 4) is 0 Å². The molecular formula is C19H25N3O4S. The van der Waals surface area contributed by atoms with Crippen molar-refractivity contribution in [3.05, 3.63) is 47.3 Å². The summed E-state index contributed by atoms with van der Waals surface area (Å²) >= 11 is 0. The first kappa shape index (κ1) is 19.6. The summed E-state index contributed by atoms with van der Waals surface area (Å²) in [7, 11) is -3.73. The van der Waals surface area contributed by atoms with Gasteiger partial charge in [-0.05, 0) is 39.2 Å². The molecule has 0 bridgehead atoms. The molecule has 2 aromatic rings. The van der Waals surface area contributed by atoms with Crippen LogP contribution in [0.15, 0.2) is 39.8 Å². The molecule has 1 aromatic heterocycles. The average molecular weight is 391 g/mol. The number of carbonyl (C=O) groups excluding carboxylic acids is 1. The Labute approximate surface area is 159 Å². The third-order valence-corrected chi connectivity index (χ3v) is 7.09. The Bertz CT molecular complexity index is 889. The highest BCUT2D eigenvalue weighted by Crippen LogP contribution is 2.28.